The van der Waals surface area contributed by atoms with Gasteiger partial charge in [-0.3, -0.25) is 4.90 Å². The molecule has 88 valence electrons. The molecule has 0 unspecified atom stereocenters. The highest BCUT2D eigenvalue weighted by Crippen LogP contribution is 2.07. The van der Waals surface area contributed by atoms with Gasteiger partial charge in [-0.2, -0.15) is 0 Å². The third kappa shape index (κ3) is 3.06. The fourth-order valence-corrected chi connectivity index (χ4v) is 1.89. The highest BCUT2D eigenvalue weighted by atomic mass is 16.5. The molecule has 16 heavy (non-hydrogen) atoms. The first kappa shape index (κ1) is 11.1. The van der Waals surface area contributed by atoms with Crippen molar-refractivity contribution in [2.45, 2.75) is 19.3 Å². The topological polar surface area (TPSA) is 47.4 Å². The summed E-state index contributed by atoms with van der Waals surface area (Å²) in [5.41, 5.74) is 0. The molecular weight excluding hydrogens is 206 g/mol. The van der Waals surface area contributed by atoms with Crippen molar-refractivity contribution in [1.82, 2.24) is 14.5 Å². The Morgan fingerprint density at radius 1 is 1.31 bits per heavy atom. The predicted molar refractivity (Wildman–Crippen MR) is 59.3 cm³/mol. The van der Waals surface area contributed by atoms with Crippen molar-refractivity contribution < 1.29 is 9.53 Å². The smallest absolute Gasteiger partial charge is 0.419 e. The average molecular weight is 223 g/mol. The molecule has 1 aromatic rings. The van der Waals surface area contributed by atoms with Crippen LogP contribution in [0.1, 0.15) is 19.3 Å². The lowest BCUT2D eigenvalue weighted by Crippen LogP contribution is -2.33. The second-order valence-electron chi connectivity index (χ2n) is 3.99. The molecule has 0 N–H and O–H groups in total. The number of ether oxygens (including phenoxy) is 1. The Hall–Kier alpha value is -1.36. The van der Waals surface area contributed by atoms with Crippen LogP contribution in [0.25, 0.3) is 0 Å². The molecule has 0 amide bonds. The number of hydrogen-bond acceptors (Lipinski definition) is 4. The summed E-state index contributed by atoms with van der Waals surface area (Å²) in [7, 11) is 0. The summed E-state index contributed by atoms with van der Waals surface area (Å²) in [6.45, 7) is 3.54. The van der Waals surface area contributed by atoms with E-state index in [1.54, 1.807) is 12.4 Å². The quantitative estimate of drug-likeness (QED) is 0.776. The van der Waals surface area contributed by atoms with Crippen LogP contribution < -0.4 is 0 Å². The minimum absolute atomic E-state index is 0.352. The highest BCUT2D eigenvalue weighted by molar-refractivity contribution is 5.69. The molecule has 0 saturated carbocycles. The van der Waals surface area contributed by atoms with Crippen LogP contribution in [0.2, 0.25) is 0 Å². The Labute approximate surface area is 95.0 Å². The summed E-state index contributed by atoms with van der Waals surface area (Å²) < 4.78 is 6.47. The number of rotatable bonds is 3. The molecule has 0 aliphatic carbocycles. The van der Waals surface area contributed by atoms with Crippen LogP contribution in [0.15, 0.2) is 18.7 Å². The van der Waals surface area contributed by atoms with Gasteiger partial charge in [0.05, 0.1) is 0 Å². The summed E-state index contributed by atoms with van der Waals surface area (Å²) in [5, 5.41) is 0. The Balaban J connectivity index is 1.66. The lowest BCUT2D eigenvalue weighted by Gasteiger charge is -2.25. The van der Waals surface area contributed by atoms with Crippen molar-refractivity contribution in [2.24, 2.45) is 0 Å². The third-order valence-corrected chi connectivity index (χ3v) is 2.80. The molecule has 5 nitrogen and oxygen atoms in total. The minimum atomic E-state index is -0.352. The van der Waals surface area contributed by atoms with Gasteiger partial charge in [0.25, 0.3) is 0 Å². The van der Waals surface area contributed by atoms with Crippen LogP contribution in [-0.4, -0.2) is 46.8 Å². The van der Waals surface area contributed by atoms with Gasteiger partial charge >= 0.3 is 6.09 Å². The van der Waals surface area contributed by atoms with Gasteiger partial charge in [0.15, 0.2) is 0 Å². The van der Waals surface area contributed by atoms with Crippen molar-refractivity contribution in [2.75, 3.05) is 26.2 Å². The van der Waals surface area contributed by atoms with E-state index >= 15 is 0 Å². The maximum atomic E-state index is 11.4. The molecule has 0 radical (unpaired) electrons. The molecule has 0 aromatic carbocycles. The molecule has 5 heteroatoms. The van der Waals surface area contributed by atoms with E-state index in [4.69, 9.17) is 4.74 Å². The Morgan fingerprint density at radius 2 is 2.12 bits per heavy atom. The predicted octanol–water partition coefficient (Wildman–Crippen LogP) is 1.35. The zero-order valence-corrected chi connectivity index (χ0v) is 9.34. The summed E-state index contributed by atoms with van der Waals surface area (Å²) >= 11 is 0. The maximum Gasteiger partial charge on any atom is 0.419 e. The van der Waals surface area contributed by atoms with Crippen LogP contribution in [-0.2, 0) is 4.74 Å². The molecule has 1 fully saturated rings. The first-order valence-electron chi connectivity index (χ1n) is 5.74. The Kier molecular flexibility index (Phi) is 3.93. The van der Waals surface area contributed by atoms with Gasteiger partial charge in [-0.05, 0) is 25.9 Å². The average Bonchev–Trinajstić information content (AvgIpc) is 2.84. The van der Waals surface area contributed by atoms with Gasteiger partial charge < -0.3 is 4.74 Å². The van der Waals surface area contributed by atoms with Crippen LogP contribution in [0, 0.1) is 0 Å². The largest absolute Gasteiger partial charge is 0.448 e. The number of hydrogen-bond donors (Lipinski definition) is 0. The van der Waals surface area contributed by atoms with Gasteiger partial charge in [-0.15, -0.1) is 0 Å². The second kappa shape index (κ2) is 5.65. The minimum Gasteiger partial charge on any atom is -0.448 e. The fourth-order valence-electron chi connectivity index (χ4n) is 1.89. The molecule has 0 bridgehead atoms. The first-order valence-corrected chi connectivity index (χ1v) is 5.74. The van der Waals surface area contributed by atoms with Crippen LogP contribution in [0.4, 0.5) is 4.79 Å². The number of aromatic nitrogens is 2. The molecule has 2 rings (SSSR count). The van der Waals surface area contributed by atoms with Crippen LogP contribution in [0.5, 0.6) is 0 Å². The lowest BCUT2D eigenvalue weighted by atomic mass is 10.1. The molecule has 1 aliphatic rings. The molecule has 0 atom stereocenters. The number of nitrogens with zero attached hydrogens (tertiary/aromatic N) is 3. The summed E-state index contributed by atoms with van der Waals surface area (Å²) in [6.07, 6.45) is 8.09. The molecule has 1 aliphatic heterocycles. The Bertz CT molecular complexity index is 318. The SMILES string of the molecule is O=C(OCCN1CCCCC1)n1ccnc1. The summed E-state index contributed by atoms with van der Waals surface area (Å²) in [4.78, 5) is 17.6. The van der Waals surface area contributed by atoms with E-state index in [0.717, 1.165) is 19.6 Å². The number of carbonyl (C=O) groups excluding carboxylic acids is 1. The van der Waals surface area contributed by atoms with E-state index in [0.29, 0.717) is 6.61 Å². The molecule has 1 aromatic heterocycles. The summed E-state index contributed by atoms with van der Waals surface area (Å²) in [6, 6.07) is 0. The van der Waals surface area contributed by atoms with Crippen LogP contribution in [0.3, 0.4) is 0 Å². The van der Waals surface area contributed by atoms with Gasteiger partial charge in [-0.1, -0.05) is 6.42 Å². The normalized spacial score (nSPS) is 17.2. The molecule has 1 saturated heterocycles. The van der Waals surface area contributed by atoms with Crippen molar-refractivity contribution in [1.29, 1.82) is 0 Å². The fraction of sp³-hybridized carbons (Fsp3) is 0.636. The number of likely N-dealkylation sites (tertiary alicyclic amines) is 1. The van der Waals surface area contributed by atoms with E-state index in [-0.39, 0.29) is 6.09 Å². The van der Waals surface area contributed by atoms with E-state index in [1.165, 1.54) is 30.2 Å². The highest BCUT2D eigenvalue weighted by Gasteiger charge is 2.11. The number of piperidine rings is 1. The van der Waals surface area contributed by atoms with Crippen molar-refractivity contribution in [3.8, 4) is 0 Å². The zero-order valence-electron chi connectivity index (χ0n) is 9.34. The maximum absolute atomic E-state index is 11.4. The van der Waals surface area contributed by atoms with Gasteiger partial charge in [0.2, 0.25) is 0 Å². The van der Waals surface area contributed by atoms with Gasteiger partial charge in [0, 0.05) is 18.9 Å². The second-order valence-corrected chi connectivity index (χ2v) is 3.99. The van der Waals surface area contributed by atoms with E-state index in [1.807, 2.05) is 0 Å². The van der Waals surface area contributed by atoms with Crippen molar-refractivity contribution in [3.63, 3.8) is 0 Å². The standard InChI is InChI=1S/C11H17N3O2/c15-11(14-7-4-12-10-14)16-9-8-13-5-2-1-3-6-13/h4,7,10H,1-3,5-6,8-9H2. The summed E-state index contributed by atoms with van der Waals surface area (Å²) in [5.74, 6) is 0. The van der Waals surface area contributed by atoms with Gasteiger partial charge in [-0.25, -0.2) is 14.3 Å². The Morgan fingerprint density at radius 3 is 2.81 bits per heavy atom. The van der Waals surface area contributed by atoms with Gasteiger partial charge in [0.1, 0.15) is 12.9 Å². The van der Waals surface area contributed by atoms with Crippen LogP contribution >= 0.6 is 0 Å². The third-order valence-electron chi connectivity index (χ3n) is 2.80. The number of imidazole rings is 1. The zero-order chi connectivity index (χ0) is 11.2. The molecule has 0 spiro atoms. The lowest BCUT2D eigenvalue weighted by molar-refractivity contribution is 0.122. The van der Waals surface area contributed by atoms with E-state index in [9.17, 15) is 4.79 Å². The van der Waals surface area contributed by atoms with Crippen molar-refractivity contribution >= 4 is 6.09 Å². The molecular formula is C11H17N3O2. The van der Waals surface area contributed by atoms with Crippen molar-refractivity contribution in [3.05, 3.63) is 18.7 Å². The first-order chi connectivity index (χ1) is 7.86. The van der Waals surface area contributed by atoms with E-state index in [2.05, 4.69) is 9.88 Å². The number of carbonyl (C=O) groups is 1. The molecule has 2 heterocycles. The van der Waals surface area contributed by atoms with E-state index < -0.39 is 0 Å². The monoisotopic (exact) mass is 223 g/mol.